The molecule has 2 aromatic rings. The molecule has 4 rings (SSSR count). The second-order valence-electron chi connectivity index (χ2n) is 8.18. The van der Waals surface area contributed by atoms with E-state index in [-0.39, 0.29) is 26.2 Å². The van der Waals surface area contributed by atoms with Crippen LogP contribution in [0.5, 0.6) is 0 Å². The maximum absolute atomic E-state index is 2.99. The molecule has 0 atom stereocenters. The van der Waals surface area contributed by atoms with E-state index in [0.717, 1.165) is 24.9 Å². The van der Waals surface area contributed by atoms with Crippen LogP contribution in [0.1, 0.15) is 51.7 Å². The summed E-state index contributed by atoms with van der Waals surface area (Å²) in [4.78, 5) is 0. The fraction of sp³-hybridized carbons (Fsp3) is 0.250. The Morgan fingerprint density at radius 1 is 0.686 bits per heavy atom. The van der Waals surface area contributed by atoms with Crippen molar-refractivity contribution in [1.29, 1.82) is 0 Å². The van der Waals surface area contributed by atoms with Gasteiger partial charge in [0.1, 0.15) is 0 Å². The van der Waals surface area contributed by atoms with Gasteiger partial charge in [-0.25, -0.2) is 24.3 Å². The van der Waals surface area contributed by atoms with Crippen molar-refractivity contribution in [3.8, 4) is 0 Å². The smallest absolute Gasteiger partial charge is 0.273 e. The van der Waals surface area contributed by atoms with E-state index < -0.39 is 0 Å². The van der Waals surface area contributed by atoms with Gasteiger partial charge in [0.05, 0.1) is 0 Å². The van der Waals surface area contributed by atoms with E-state index >= 15 is 0 Å². The normalized spacial score (nSPS) is 12.9. The molecule has 1 nitrogen and oxygen atoms in total. The van der Waals surface area contributed by atoms with Gasteiger partial charge in [-0.1, -0.05) is 85.0 Å². The molecule has 2 aromatic carbocycles. The zero-order valence-corrected chi connectivity index (χ0v) is 27.4. The van der Waals surface area contributed by atoms with Gasteiger partial charge in [-0.2, -0.15) is 12.2 Å². The molecule has 0 saturated heterocycles. The maximum atomic E-state index is 2.99. The van der Waals surface area contributed by atoms with Gasteiger partial charge >= 0.3 is 93.5 Å². The molecule has 2 aliphatic carbocycles. The van der Waals surface area contributed by atoms with Crippen molar-refractivity contribution in [2.75, 3.05) is 0 Å². The number of nitrogens with zero attached hydrogens (tertiary/aromatic N) is 1. The number of allylic oxidation sites excluding steroid dienone is 10. The number of hydrogen-bond donors (Lipinski definition) is 0. The van der Waals surface area contributed by atoms with E-state index in [9.17, 15) is 0 Å². The summed E-state index contributed by atoms with van der Waals surface area (Å²) >= 11 is 1.25. The molecule has 0 N–H and O–H groups in total. The van der Waals surface area contributed by atoms with Crippen LogP contribution in [-0.4, -0.2) is 39.6 Å². The van der Waals surface area contributed by atoms with Crippen LogP contribution in [0.2, 0.25) is 0 Å². The summed E-state index contributed by atoms with van der Waals surface area (Å²) in [6, 6.07) is 22.0. The van der Waals surface area contributed by atoms with E-state index in [2.05, 4.69) is 103 Å². The first-order valence-corrected chi connectivity index (χ1v) is 13.4. The first-order valence-electron chi connectivity index (χ1n) is 11.9. The first kappa shape index (κ1) is 33.6. The minimum atomic E-state index is 0. The van der Waals surface area contributed by atoms with E-state index in [4.69, 9.17) is 0 Å². The van der Waals surface area contributed by atoms with Crippen LogP contribution in [0.4, 0.5) is 0 Å². The molecule has 3 heteroatoms. The summed E-state index contributed by atoms with van der Waals surface area (Å²) in [6.07, 6.45) is 28.3. The molecule has 0 unspecified atom stereocenters. The third-order valence-corrected chi connectivity index (χ3v) is 8.06. The van der Waals surface area contributed by atoms with Gasteiger partial charge in [-0.15, -0.1) is 12.8 Å². The molecule has 0 amide bonds. The Morgan fingerprint density at radius 3 is 1.26 bits per heavy atom. The largest absolute Gasteiger partial charge is 2.00 e. The Morgan fingerprint density at radius 2 is 1.06 bits per heavy atom. The predicted octanol–water partition coefficient (Wildman–Crippen LogP) is 8.21. The van der Waals surface area contributed by atoms with E-state index in [1.54, 1.807) is 0 Å². The van der Waals surface area contributed by atoms with Gasteiger partial charge in [0.15, 0.2) is 0 Å². The summed E-state index contributed by atoms with van der Waals surface area (Å²) in [7, 11) is 0. The molecule has 0 fully saturated rings. The van der Waals surface area contributed by atoms with Crippen LogP contribution >= 0.6 is 0 Å². The summed E-state index contributed by atoms with van der Waals surface area (Å²) in [6.45, 7) is 8.96. The second kappa shape index (κ2) is 23.0. The van der Waals surface area contributed by atoms with Gasteiger partial charge in [0.25, 0.3) is 0 Å². The van der Waals surface area contributed by atoms with Crippen molar-refractivity contribution in [2.45, 2.75) is 52.6 Å². The SMILES string of the molecule is C(C=Cc1ccccc1)=Cc1ccccc1.CC(C)[N]([In])C(C)C.[C-]1=CC=CC1.[C-]1=CC=CC1.[Zr+2]. The molecule has 0 aromatic heterocycles. The molecular formula is C32H38InNZr. The van der Waals surface area contributed by atoms with Gasteiger partial charge in [-0.05, 0) is 11.1 Å². The Labute approximate surface area is 249 Å². The van der Waals surface area contributed by atoms with E-state index in [1.165, 1.54) is 35.8 Å². The third kappa shape index (κ3) is 19.5. The molecule has 0 heterocycles. The first-order chi connectivity index (χ1) is 16.5. The zero-order chi connectivity index (χ0) is 24.9. The second-order valence-corrected chi connectivity index (χ2v) is 9.88. The van der Waals surface area contributed by atoms with E-state index in [1.807, 2.05) is 60.7 Å². The van der Waals surface area contributed by atoms with Crippen molar-refractivity contribution in [2.24, 2.45) is 0 Å². The third-order valence-electron chi connectivity index (χ3n) is 4.65. The van der Waals surface area contributed by atoms with Gasteiger partial charge in [0.2, 0.25) is 0 Å². The van der Waals surface area contributed by atoms with Crippen LogP contribution in [0.15, 0.2) is 109 Å². The predicted molar refractivity (Wildman–Crippen MR) is 152 cm³/mol. The summed E-state index contributed by atoms with van der Waals surface area (Å²) < 4.78 is 2.46. The maximum Gasteiger partial charge on any atom is 2.00 e. The minimum Gasteiger partial charge on any atom is -0.273 e. The van der Waals surface area contributed by atoms with Gasteiger partial charge < -0.3 is 0 Å². The fourth-order valence-corrected chi connectivity index (χ4v) is 2.74. The van der Waals surface area contributed by atoms with Crippen molar-refractivity contribution >= 4 is 36.8 Å². The Hall–Kier alpha value is -1.41. The number of benzene rings is 2. The number of rotatable bonds is 5. The molecule has 0 aliphatic heterocycles. The molecule has 0 saturated carbocycles. The molecule has 178 valence electrons. The van der Waals surface area contributed by atoms with Crippen LogP contribution < -0.4 is 0 Å². The Kier molecular flexibility index (Phi) is 22.1. The fourth-order valence-electron chi connectivity index (χ4n) is 2.74. The standard InChI is InChI=1S/C16H14.C6H14N.2C5H5.In.Zr/c1-3-9-15(10-4-1)13-7-8-14-16-11-5-2-6-12-16;1-5(2)7-6(3)4;2*1-2-4-5-3-1;;/h1-14H;5-6H,1-4H3;2*1-3H,4H2;;/q;3*-1;+1;+2. The monoisotopic (exact) mass is 641 g/mol. The van der Waals surface area contributed by atoms with Crippen LogP contribution in [-0.2, 0) is 26.2 Å². The van der Waals surface area contributed by atoms with Crippen molar-refractivity contribution in [1.82, 2.24) is 2.89 Å². The summed E-state index contributed by atoms with van der Waals surface area (Å²) in [5.74, 6) is 0. The van der Waals surface area contributed by atoms with Crippen LogP contribution in [0.3, 0.4) is 0 Å². The average Bonchev–Trinajstić information content (AvgIpc) is 3.62. The average molecular weight is 643 g/mol. The molecular weight excluding hydrogens is 604 g/mol. The van der Waals surface area contributed by atoms with Crippen LogP contribution in [0, 0.1) is 12.2 Å². The van der Waals surface area contributed by atoms with Crippen LogP contribution in [0.25, 0.3) is 12.2 Å². The summed E-state index contributed by atoms with van der Waals surface area (Å²) in [5.41, 5.74) is 2.44. The van der Waals surface area contributed by atoms with Crippen molar-refractivity contribution in [3.05, 3.63) is 133 Å². The molecule has 0 bridgehead atoms. The number of hydrogen-bond acceptors (Lipinski definition) is 1. The Balaban J connectivity index is 0.000000506. The van der Waals surface area contributed by atoms with Gasteiger partial charge in [-0.3, -0.25) is 12.2 Å². The quantitative estimate of drug-likeness (QED) is 0.235. The molecule has 2 aliphatic rings. The van der Waals surface area contributed by atoms with Crippen molar-refractivity contribution < 1.29 is 26.2 Å². The molecule has 2 radical (unpaired) electrons. The zero-order valence-electron chi connectivity index (χ0n) is 21.6. The minimum absolute atomic E-state index is 0. The van der Waals surface area contributed by atoms with E-state index in [0.29, 0.717) is 0 Å². The molecule has 35 heavy (non-hydrogen) atoms. The van der Waals surface area contributed by atoms with Crippen molar-refractivity contribution in [3.63, 3.8) is 0 Å². The summed E-state index contributed by atoms with van der Waals surface area (Å²) in [5, 5.41) is 0. The molecule has 0 spiro atoms. The Bertz CT molecular complexity index is 825. The topological polar surface area (TPSA) is 3.24 Å². The van der Waals surface area contributed by atoms with Gasteiger partial charge in [0, 0.05) is 0 Å².